The van der Waals surface area contributed by atoms with E-state index in [0.717, 1.165) is 17.7 Å². The molecule has 0 unspecified atom stereocenters. The smallest absolute Gasteiger partial charge is 0.317 e. The van der Waals surface area contributed by atoms with Gasteiger partial charge in [-0.1, -0.05) is 25.5 Å². The predicted octanol–water partition coefficient (Wildman–Crippen LogP) is 2.25. The molecule has 1 aromatic carbocycles. The minimum atomic E-state index is -0.778. The molecule has 4 heteroatoms. The minimum absolute atomic E-state index is 0.229. The van der Waals surface area contributed by atoms with Crippen LogP contribution in [0.5, 0.6) is 5.75 Å². The number of hydrogen-bond donors (Lipinski definition) is 1. The summed E-state index contributed by atoms with van der Waals surface area (Å²) in [7, 11) is 1.60. The molecular weight excluding hydrogens is 242 g/mol. The van der Waals surface area contributed by atoms with E-state index in [2.05, 4.69) is 0 Å². The van der Waals surface area contributed by atoms with E-state index in [1.807, 2.05) is 31.2 Å². The van der Waals surface area contributed by atoms with Crippen molar-refractivity contribution in [2.24, 2.45) is 5.73 Å². The normalized spacial score (nSPS) is 13.7. The molecule has 2 N–H and O–H groups in total. The molecule has 0 fully saturated rings. The first-order valence-corrected chi connectivity index (χ1v) is 6.66. The van der Waals surface area contributed by atoms with Crippen LogP contribution in [0.3, 0.4) is 0 Å². The molecule has 0 amide bonds. The van der Waals surface area contributed by atoms with Crippen LogP contribution in [0, 0.1) is 0 Å². The number of hydrogen-bond acceptors (Lipinski definition) is 4. The summed E-state index contributed by atoms with van der Waals surface area (Å²) in [5.41, 5.74) is 5.98. The van der Waals surface area contributed by atoms with Gasteiger partial charge in [0.25, 0.3) is 0 Å². The molecule has 0 aliphatic heterocycles. The Kier molecular flexibility index (Phi) is 5.83. The number of esters is 1. The second-order valence-corrected chi connectivity index (χ2v) is 4.49. The maximum absolute atomic E-state index is 12.3. The third-order valence-electron chi connectivity index (χ3n) is 3.31. The van der Waals surface area contributed by atoms with Crippen LogP contribution in [-0.2, 0) is 14.9 Å². The highest BCUT2D eigenvalue weighted by molar-refractivity contribution is 5.83. The zero-order chi connectivity index (χ0) is 14.3. The van der Waals surface area contributed by atoms with Crippen LogP contribution in [0.2, 0.25) is 0 Å². The summed E-state index contributed by atoms with van der Waals surface area (Å²) in [4.78, 5) is 12.3. The van der Waals surface area contributed by atoms with E-state index in [9.17, 15) is 4.79 Å². The van der Waals surface area contributed by atoms with Crippen molar-refractivity contribution in [1.82, 2.24) is 0 Å². The molecule has 0 heterocycles. The van der Waals surface area contributed by atoms with E-state index in [1.54, 1.807) is 14.0 Å². The molecular formula is C15H23NO3. The molecule has 0 saturated carbocycles. The zero-order valence-electron chi connectivity index (χ0n) is 11.9. The maximum Gasteiger partial charge on any atom is 0.317 e. The zero-order valence-corrected chi connectivity index (χ0v) is 11.9. The highest BCUT2D eigenvalue weighted by atomic mass is 16.5. The first-order chi connectivity index (χ1) is 9.14. The van der Waals surface area contributed by atoms with Crippen LogP contribution in [-0.4, -0.2) is 26.2 Å². The van der Waals surface area contributed by atoms with Crippen molar-refractivity contribution in [2.45, 2.75) is 32.1 Å². The predicted molar refractivity (Wildman–Crippen MR) is 75.3 cm³/mol. The Morgan fingerprint density at radius 3 is 2.63 bits per heavy atom. The second-order valence-electron chi connectivity index (χ2n) is 4.49. The van der Waals surface area contributed by atoms with Crippen LogP contribution in [0.4, 0.5) is 0 Å². The van der Waals surface area contributed by atoms with Gasteiger partial charge in [0.2, 0.25) is 0 Å². The highest BCUT2D eigenvalue weighted by Gasteiger charge is 2.39. The average Bonchev–Trinajstić information content (AvgIpc) is 2.45. The van der Waals surface area contributed by atoms with Gasteiger partial charge in [-0.15, -0.1) is 0 Å². The molecule has 0 aliphatic rings. The molecule has 19 heavy (non-hydrogen) atoms. The summed E-state index contributed by atoms with van der Waals surface area (Å²) in [5, 5.41) is 0. The molecule has 0 saturated heterocycles. The Labute approximate surface area is 114 Å². The first kappa shape index (κ1) is 15.5. The third-order valence-corrected chi connectivity index (χ3v) is 3.31. The summed E-state index contributed by atoms with van der Waals surface area (Å²) in [5.74, 6) is 0.461. The molecule has 1 aromatic rings. The van der Waals surface area contributed by atoms with Gasteiger partial charge in [-0.05, 0) is 31.0 Å². The molecule has 1 atom stereocenters. The van der Waals surface area contributed by atoms with Crippen molar-refractivity contribution < 1.29 is 14.3 Å². The number of carbonyl (C=O) groups excluding carboxylic acids is 1. The SMILES string of the molecule is CCC[C@](CN)(C(=O)OCC)c1cccc(OC)c1. The van der Waals surface area contributed by atoms with Gasteiger partial charge in [0.15, 0.2) is 0 Å². The van der Waals surface area contributed by atoms with Crippen LogP contribution in [0.15, 0.2) is 24.3 Å². The van der Waals surface area contributed by atoms with Crippen LogP contribution in [0.25, 0.3) is 0 Å². The van der Waals surface area contributed by atoms with Crippen molar-refractivity contribution in [2.75, 3.05) is 20.3 Å². The Balaban J connectivity index is 3.23. The van der Waals surface area contributed by atoms with Gasteiger partial charge in [-0.3, -0.25) is 4.79 Å². The largest absolute Gasteiger partial charge is 0.497 e. The lowest BCUT2D eigenvalue weighted by Crippen LogP contribution is -2.44. The highest BCUT2D eigenvalue weighted by Crippen LogP contribution is 2.32. The molecule has 1 rings (SSSR count). The number of benzene rings is 1. The molecule has 0 aliphatic carbocycles. The summed E-state index contributed by atoms with van der Waals surface area (Å²) >= 11 is 0. The van der Waals surface area contributed by atoms with Gasteiger partial charge in [0.1, 0.15) is 11.2 Å². The van der Waals surface area contributed by atoms with E-state index >= 15 is 0 Å². The second kappa shape index (κ2) is 7.14. The standard InChI is InChI=1S/C15H23NO3/c1-4-9-15(11-16,14(17)19-5-2)12-7-6-8-13(10-12)18-3/h6-8,10H,4-5,9,11,16H2,1-3H3/t15-/m1/s1. The lowest BCUT2D eigenvalue weighted by molar-refractivity contribution is -0.150. The Morgan fingerprint density at radius 1 is 1.37 bits per heavy atom. The fourth-order valence-corrected chi connectivity index (χ4v) is 2.28. The monoisotopic (exact) mass is 265 g/mol. The van der Waals surface area contributed by atoms with E-state index in [0.29, 0.717) is 13.0 Å². The number of rotatable bonds is 7. The van der Waals surface area contributed by atoms with Gasteiger partial charge < -0.3 is 15.2 Å². The Bertz CT molecular complexity index is 420. The third kappa shape index (κ3) is 3.26. The molecule has 106 valence electrons. The summed E-state index contributed by atoms with van der Waals surface area (Å²) in [6.45, 7) is 4.42. The average molecular weight is 265 g/mol. The van der Waals surface area contributed by atoms with Gasteiger partial charge in [-0.2, -0.15) is 0 Å². The van der Waals surface area contributed by atoms with Gasteiger partial charge in [-0.25, -0.2) is 0 Å². The van der Waals surface area contributed by atoms with Crippen LogP contribution < -0.4 is 10.5 Å². The molecule has 0 radical (unpaired) electrons. The van der Waals surface area contributed by atoms with Gasteiger partial charge >= 0.3 is 5.97 Å². The van der Waals surface area contributed by atoms with Gasteiger partial charge in [0, 0.05) is 6.54 Å². The lowest BCUT2D eigenvalue weighted by Gasteiger charge is -2.30. The van der Waals surface area contributed by atoms with Crippen molar-refractivity contribution >= 4 is 5.97 Å². The quantitative estimate of drug-likeness (QED) is 0.768. The molecule has 4 nitrogen and oxygen atoms in total. The molecule has 0 spiro atoms. The fraction of sp³-hybridized carbons (Fsp3) is 0.533. The van der Waals surface area contributed by atoms with Gasteiger partial charge in [0.05, 0.1) is 13.7 Å². The van der Waals surface area contributed by atoms with E-state index < -0.39 is 5.41 Å². The van der Waals surface area contributed by atoms with Crippen molar-refractivity contribution in [3.8, 4) is 5.75 Å². The first-order valence-electron chi connectivity index (χ1n) is 6.66. The minimum Gasteiger partial charge on any atom is -0.497 e. The number of nitrogens with two attached hydrogens (primary N) is 1. The summed E-state index contributed by atoms with van der Waals surface area (Å²) < 4.78 is 10.4. The lowest BCUT2D eigenvalue weighted by atomic mass is 9.76. The van der Waals surface area contributed by atoms with E-state index in [-0.39, 0.29) is 12.5 Å². The number of carbonyl (C=O) groups is 1. The van der Waals surface area contributed by atoms with E-state index in [4.69, 9.17) is 15.2 Å². The number of methoxy groups -OCH3 is 1. The van der Waals surface area contributed by atoms with Crippen molar-refractivity contribution in [3.63, 3.8) is 0 Å². The van der Waals surface area contributed by atoms with Crippen molar-refractivity contribution in [1.29, 1.82) is 0 Å². The summed E-state index contributed by atoms with van der Waals surface area (Å²) in [6, 6.07) is 7.48. The fourth-order valence-electron chi connectivity index (χ4n) is 2.28. The van der Waals surface area contributed by atoms with Crippen LogP contribution in [0.1, 0.15) is 32.3 Å². The van der Waals surface area contributed by atoms with Crippen molar-refractivity contribution in [3.05, 3.63) is 29.8 Å². The topological polar surface area (TPSA) is 61.6 Å². The maximum atomic E-state index is 12.3. The molecule has 0 aromatic heterocycles. The van der Waals surface area contributed by atoms with E-state index in [1.165, 1.54) is 0 Å². The van der Waals surface area contributed by atoms with Crippen LogP contribution >= 0.6 is 0 Å². The summed E-state index contributed by atoms with van der Waals surface area (Å²) in [6.07, 6.45) is 1.52. The number of ether oxygens (including phenoxy) is 2. The Morgan fingerprint density at radius 2 is 2.11 bits per heavy atom. The molecule has 0 bridgehead atoms. The Hall–Kier alpha value is -1.55.